The first-order valence-corrected chi connectivity index (χ1v) is 6.86. The molecule has 0 aliphatic heterocycles. The van der Waals surface area contributed by atoms with E-state index in [0.717, 1.165) is 5.56 Å². The molecule has 0 aliphatic carbocycles. The fraction of sp³-hybridized carbons (Fsp3) is 0.188. The van der Waals surface area contributed by atoms with Crippen molar-refractivity contribution in [2.75, 3.05) is 12.8 Å². The summed E-state index contributed by atoms with van der Waals surface area (Å²) in [6, 6.07) is 11.2. The Hall–Kier alpha value is -2.07. The summed E-state index contributed by atoms with van der Waals surface area (Å²) < 4.78 is 13.1. The first-order valence-electron chi connectivity index (χ1n) is 6.48. The van der Waals surface area contributed by atoms with E-state index >= 15 is 0 Å². The number of rotatable bonds is 4. The Morgan fingerprint density at radius 3 is 2.76 bits per heavy atom. The fourth-order valence-electron chi connectivity index (χ4n) is 2.02. The molecule has 2 rings (SSSR count). The average molecular weight is 307 g/mol. The molecule has 110 valence electrons. The van der Waals surface area contributed by atoms with E-state index in [2.05, 4.69) is 0 Å². The van der Waals surface area contributed by atoms with Crippen LogP contribution < -0.4 is 5.73 Å². The first-order chi connectivity index (χ1) is 9.95. The Labute approximate surface area is 128 Å². The van der Waals surface area contributed by atoms with E-state index in [1.54, 1.807) is 42.3 Å². The van der Waals surface area contributed by atoms with Crippen LogP contribution in [-0.2, 0) is 17.8 Å². The normalized spacial score (nSPS) is 10.4. The Morgan fingerprint density at radius 2 is 2.05 bits per heavy atom. The highest BCUT2D eigenvalue weighted by molar-refractivity contribution is 6.31. The molecule has 0 fully saturated rings. The second-order valence-corrected chi connectivity index (χ2v) is 5.31. The Kier molecular flexibility index (Phi) is 4.81. The van der Waals surface area contributed by atoms with Gasteiger partial charge in [-0.2, -0.15) is 0 Å². The van der Waals surface area contributed by atoms with E-state index in [9.17, 15) is 9.18 Å². The number of amides is 1. The minimum Gasteiger partial charge on any atom is -0.399 e. The van der Waals surface area contributed by atoms with E-state index in [1.807, 2.05) is 0 Å². The lowest BCUT2D eigenvalue weighted by Crippen LogP contribution is -2.27. The molecule has 2 N–H and O–H groups in total. The van der Waals surface area contributed by atoms with E-state index in [4.69, 9.17) is 17.3 Å². The van der Waals surface area contributed by atoms with Crippen molar-refractivity contribution in [2.45, 2.75) is 13.0 Å². The number of hydrogen-bond donors (Lipinski definition) is 1. The summed E-state index contributed by atoms with van der Waals surface area (Å²) in [6.45, 7) is 0.359. The minimum atomic E-state index is -0.346. The van der Waals surface area contributed by atoms with Crippen LogP contribution in [0.2, 0.25) is 5.02 Å². The molecule has 0 spiro atoms. The number of carbonyl (C=O) groups excluding carboxylic acids is 1. The van der Waals surface area contributed by atoms with Crippen molar-refractivity contribution in [1.82, 2.24) is 4.90 Å². The lowest BCUT2D eigenvalue weighted by atomic mass is 10.1. The molecule has 21 heavy (non-hydrogen) atoms. The van der Waals surface area contributed by atoms with Gasteiger partial charge in [-0.1, -0.05) is 23.7 Å². The SMILES string of the molecule is CN(Cc1cc(N)ccc1Cl)C(=O)Cc1cccc(F)c1. The third kappa shape index (κ3) is 4.20. The molecule has 0 bridgehead atoms. The summed E-state index contributed by atoms with van der Waals surface area (Å²) >= 11 is 6.08. The zero-order valence-electron chi connectivity index (χ0n) is 11.6. The van der Waals surface area contributed by atoms with Crippen molar-refractivity contribution < 1.29 is 9.18 Å². The molecular formula is C16H16ClFN2O. The van der Waals surface area contributed by atoms with Crippen LogP contribution in [0.15, 0.2) is 42.5 Å². The summed E-state index contributed by atoms with van der Waals surface area (Å²) in [4.78, 5) is 13.7. The molecule has 1 amide bonds. The number of nitrogens with two attached hydrogens (primary N) is 1. The zero-order valence-corrected chi connectivity index (χ0v) is 12.4. The summed E-state index contributed by atoms with van der Waals surface area (Å²) in [5.41, 5.74) is 7.74. The molecule has 0 saturated carbocycles. The average Bonchev–Trinajstić information content (AvgIpc) is 2.43. The number of likely N-dealkylation sites (N-methyl/N-ethyl adjacent to an activating group) is 1. The third-order valence-electron chi connectivity index (χ3n) is 3.15. The van der Waals surface area contributed by atoms with Crippen molar-refractivity contribution in [3.05, 3.63) is 64.4 Å². The summed E-state index contributed by atoms with van der Waals surface area (Å²) in [5, 5.41) is 0.564. The Balaban J connectivity index is 2.04. The third-order valence-corrected chi connectivity index (χ3v) is 3.52. The molecule has 0 heterocycles. The van der Waals surface area contributed by atoms with Gasteiger partial charge in [-0.15, -0.1) is 0 Å². The lowest BCUT2D eigenvalue weighted by molar-refractivity contribution is -0.129. The number of nitrogen functional groups attached to an aromatic ring is 1. The van der Waals surface area contributed by atoms with Gasteiger partial charge in [0.05, 0.1) is 6.42 Å². The summed E-state index contributed by atoms with van der Waals surface area (Å²) in [5.74, 6) is -0.457. The van der Waals surface area contributed by atoms with Crippen molar-refractivity contribution in [3.63, 3.8) is 0 Å². The standard InChI is InChI=1S/C16H16ClFN2O/c1-20(10-12-9-14(19)5-6-15(12)17)16(21)8-11-3-2-4-13(18)7-11/h2-7,9H,8,10,19H2,1H3. The molecule has 2 aromatic rings. The van der Waals surface area contributed by atoms with Gasteiger partial charge < -0.3 is 10.6 Å². The summed E-state index contributed by atoms with van der Waals surface area (Å²) in [7, 11) is 1.68. The van der Waals surface area contributed by atoms with Crippen molar-refractivity contribution in [3.8, 4) is 0 Å². The van der Waals surface area contributed by atoms with Gasteiger partial charge in [0.2, 0.25) is 5.91 Å². The molecule has 0 saturated heterocycles. The topological polar surface area (TPSA) is 46.3 Å². The maximum Gasteiger partial charge on any atom is 0.227 e. The Morgan fingerprint density at radius 1 is 1.29 bits per heavy atom. The maximum atomic E-state index is 13.1. The van der Waals surface area contributed by atoms with Gasteiger partial charge in [0.15, 0.2) is 0 Å². The number of benzene rings is 2. The molecule has 2 aromatic carbocycles. The van der Waals surface area contributed by atoms with Crippen LogP contribution >= 0.6 is 11.6 Å². The van der Waals surface area contributed by atoms with Gasteiger partial charge in [0.1, 0.15) is 5.82 Å². The maximum absolute atomic E-state index is 13.1. The van der Waals surface area contributed by atoms with Crippen LogP contribution in [0.4, 0.5) is 10.1 Å². The molecular weight excluding hydrogens is 291 g/mol. The van der Waals surface area contributed by atoms with Gasteiger partial charge in [-0.25, -0.2) is 4.39 Å². The van der Waals surface area contributed by atoms with Crippen LogP contribution in [0.3, 0.4) is 0 Å². The highest BCUT2D eigenvalue weighted by atomic mass is 35.5. The number of hydrogen-bond acceptors (Lipinski definition) is 2. The monoisotopic (exact) mass is 306 g/mol. The van der Waals surface area contributed by atoms with E-state index in [-0.39, 0.29) is 18.1 Å². The van der Waals surface area contributed by atoms with Gasteiger partial charge in [-0.05, 0) is 41.5 Å². The highest BCUT2D eigenvalue weighted by Gasteiger charge is 2.12. The number of halogens is 2. The van der Waals surface area contributed by atoms with Gasteiger partial charge in [0, 0.05) is 24.3 Å². The van der Waals surface area contributed by atoms with Crippen molar-refractivity contribution in [1.29, 1.82) is 0 Å². The first kappa shape index (κ1) is 15.3. The number of anilines is 1. The van der Waals surface area contributed by atoms with E-state index in [0.29, 0.717) is 22.8 Å². The molecule has 0 radical (unpaired) electrons. The fourth-order valence-corrected chi connectivity index (χ4v) is 2.19. The molecule has 0 aliphatic rings. The van der Waals surface area contributed by atoms with Crippen LogP contribution in [0, 0.1) is 5.82 Å². The van der Waals surface area contributed by atoms with Crippen LogP contribution in [0.5, 0.6) is 0 Å². The minimum absolute atomic E-state index is 0.112. The predicted octanol–water partition coefficient (Wildman–Crippen LogP) is 3.26. The van der Waals surface area contributed by atoms with Gasteiger partial charge >= 0.3 is 0 Å². The van der Waals surface area contributed by atoms with Crippen molar-refractivity contribution in [2.24, 2.45) is 0 Å². The van der Waals surface area contributed by atoms with Crippen LogP contribution in [0.1, 0.15) is 11.1 Å². The predicted molar refractivity (Wildman–Crippen MR) is 82.4 cm³/mol. The quantitative estimate of drug-likeness (QED) is 0.881. The number of nitrogens with zero attached hydrogens (tertiary/aromatic N) is 1. The van der Waals surface area contributed by atoms with E-state index < -0.39 is 0 Å². The van der Waals surface area contributed by atoms with Crippen molar-refractivity contribution >= 4 is 23.2 Å². The zero-order chi connectivity index (χ0) is 15.4. The van der Waals surface area contributed by atoms with E-state index in [1.165, 1.54) is 12.1 Å². The Bertz CT molecular complexity index is 660. The van der Waals surface area contributed by atoms with Gasteiger partial charge in [-0.3, -0.25) is 4.79 Å². The van der Waals surface area contributed by atoms with Gasteiger partial charge in [0.25, 0.3) is 0 Å². The molecule has 5 heteroatoms. The smallest absolute Gasteiger partial charge is 0.227 e. The molecule has 0 unspecified atom stereocenters. The second kappa shape index (κ2) is 6.59. The molecule has 0 aromatic heterocycles. The highest BCUT2D eigenvalue weighted by Crippen LogP contribution is 2.20. The van der Waals surface area contributed by atoms with Crippen LogP contribution in [0.25, 0.3) is 0 Å². The number of carbonyl (C=O) groups is 1. The second-order valence-electron chi connectivity index (χ2n) is 4.91. The molecule has 0 atom stereocenters. The van der Waals surface area contributed by atoms with Crippen LogP contribution in [-0.4, -0.2) is 17.9 Å². The lowest BCUT2D eigenvalue weighted by Gasteiger charge is -2.18. The summed E-state index contributed by atoms with van der Waals surface area (Å²) in [6.07, 6.45) is 0.147. The largest absolute Gasteiger partial charge is 0.399 e. The molecule has 3 nitrogen and oxygen atoms in total.